The summed E-state index contributed by atoms with van der Waals surface area (Å²) in [5.74, 6) is 1.15. The summed E-state index contributed by atoms with van der Waals surface area (Å²) < 4.78 is 36.8. The summed E-state index contributed by atoms with van der Waals surface area (Å²) in [4.78, 5) is 0.333. The molecule has 0 amide bonds. The van der Waals surface area contributed by atoms with Crippen LogP contribution in [0.2, 0.25) is 0 Å². The summed E-state index contributed by atoms with van der Waals surface area (Å²) in [7, 11) is -1.50. The maximum absolute atomic E-state index is 11.9. The minimum atomic E-state index is -3.22. The number of hydrogen-bond donors (Lipinski definition) is 0. The summed E-state index contributed by atoms with van der Waals surface area (Å²) in [6.07, 6.45) is 21.5. The van der Waals surface area contributed by atoms with Gasteiger partial charge in [0.05, 0.1) is 17.1 Å². The second-order valence-corrected chi connectivity index (χ2v) is 12.3. The van der Waals surface area contributed by atoms with Gasteiger partial charge in [-0.2, -0.15) is 0 Å². The van der Waals surface area contributed by atoms with E-state index in [0.717, 1.165) is 5.56 Å². The number of benzene rings is 1. The highest BCUT2D eigenvalue weighted by atomic mass is 32.2. The van der Waals surface area contributed by atoms with Crippen LogP contribution in [0.15, 0.2) is 41.3 Å². The largest absolute Gasteiger partial charge is 0.367 e. The van der Waals surface area contributed by atoms with Gasteiger partial charge in [-0.3, -0.25) is 0 Å². The van der Waals surface area contributed by atoms with Gasteiger partial charge in [-0.25, -0.2) is 8.42 Å². The van der Waals surface area contributed by atoms with Gasteiger partial charge in [0.15, 0.2) is 9.84 Å². The molecular weight excluding hydrogens is 420 g/mol. The minimum Gasteiger partial charge on any atom is -0.367 e. The van der Waals surface area contributed by atoms with Crippen LogP contribution >= 0.6 is 0 Å². The normalized spacial score (nSPS) is 28.2. The zero-order valence-electron chi connectivity index (χ0n) is 19.9. The van der Waals surface area contributed by atoms with Gasteiger partial charge in [0.2, 0.25) is 0 Å². The number of methoxy groups -OCH3 is 1. The summed E-state index contributed by atoms with van der Waals surface area (Å²) in [5.41, 5.74) is 0.0808. The lowest BCUT2D eigenvalue weighted by molar-refractivity contribution is -0.161. The first-order chi connectivity index (χ1) is 15.4. The molecule has 4 rings (SSSR count). The number of hydrogen-bond acceptors (Lipinski definition) is 4. The molecule has 1 atom stereocenters. The van der Waals surface area contributed by atoms with E-state index in [-0.39, 0.29) is 5.60 Å². The smallest absolute Gasteiger partial charge is 0.175 e. The molecule has 0 aromatic heterocycles. The van der Waals surface area contributed by atoms with Crippen molar-refractivity contribution in [1.29, 1.82) is 0 Å². The van der Waals surface area contributed by atoms with Crippen molar-refractivity contribution in [2.24, 2.45) is 11.8 Å². The summed E-state index contributed by atoms with van der Waals surface area (Å²) in [5, 5.41) is 0. The SMILES string of the molecule is COC1(c2ccc(S(C)(=O)=O)cc2)C=CC(C2CCCCCC2)(C2CCCCCC2)OC1. The van der Waals surface area contributed by atoms with Crippen LogP contribution in [0, 0.1) is 11.8 Å². The molecule has 1 aromatic rings. The van der Waals surface area contributed by atoms with Gasteiger partial charge < -0.3 is 9.47 Å². The van der Waals surface area contributed by atoms with Crippen molar-refractivity contribution in [3.63, 3.8) is 0 Å². The lowest BCUT2D eigenvalue weighted by Crippen LogP contribution is -2.52. The van der Waals surface area contributed by atoms with E-state index in [1.807, 2.05) is 12.1 Å². The Morgan fingerprint density at radius 2 is 1.31 bits per heavy atom. The van der Waals surface area contributed by atoms with Gasteiger partial charge in [0.25, 0.3) is 0 Å². The average molecular weight is 461 g/mol. The van der Waals surface area contributed by atoms with Crippen molar-refractivity contribution in [2.45, 2.75) is 93.1 Å². The van der Waals surface area contributed by atoms with Crippen molar-refractivity contribution < 1.29 is 17.9 Å². The van der Waals surface area contributed by atoms with Crippen molar-refractivity contribution in [2.75, 3.05) is 20.0 Å². The summed E-state index contributed by atoms with van der Waals surface area (Å²) in [6, 6.07) is 7.10. The second-order valence-electron chi connectivity index (χ2n) is 10.2. The predicted octanol–water partition coefficient (Wildman–Crippen LogP) is 6.20. The monoisotopic (exact) mass is 460 g/mol. The molecule has 32 heavy (non-hydrogen) atoms. The average Bonchev–Trinajstić information content (AvgIpc) is 3.25. The molecule has 178 valence electrons. The maximum Gasteiger partial charge on any atom is 0.175 e. The Hall–Kier alpha value is -1.17. The van der Waals surface area contributed by atoms with Gasteiger partial charge in [-0.15, -0.1) is 0 Å². The van der Waals surface area contributed by atoms with E-state index < -0.39 is 15.4 Å². The van der Waals surface area contributed by atoms with Gasteiger partial charge in [0, 0.05) is 13.4 Å². The quantitative estimate of drug-likeness (QED) is 0.388. The van der Waals surface area contributed by atoms with Crippen molar-refractivity contribution in [3.05, 3.63) is 42.0 Å². The Bertz CT molecular complexity index is 853. The molecule has 0 bridgehead atoms. The lowest BCUT2D eigenvalue weighted by Gasteiger charge is -2.49. The topological polar surface area (TPSA) is 52.6 Å². The third-order valence-electron chi connectivity index (χ3n) is 8.27. The molecule has 0 radical (unpaired) electrons. The molecular formula is C27H40O4S. The van der Waals surface area contributed by atoms with Crippen LogP contribution < -0.4 is 0 Å². The molecule has 5 heteroatoms. The third-order valence-corrected chi connectivity index (χ3v) is 9.40. The first kappa shape index (κ1) is 24.0. The Balaban J connectivity index is 1.68. The maximum atomic E-state index is 11.9. The fourth-order valence-electron chi connectivity index (χ4n) is 6.30. The second kappa shape index (κ2) is 9.99. The molecule has 1 aliphatic heterocycles. The first-order valence-corrected chi connectivity index (χ1v) is 14.5. The van der Waals surface area contributed by atoms with Crippen LogP contribution in [-0.2, 0) is 24.9 Å². The molecule has 0 spiro atoms. The Kier molecular flexibility index (Phi) is 7.48. The number of ether oxygens (including phenoxy) is 2. The van der Waals surface area contributed by atoms with E-state index >= 15 is 0 Å². The van der Waals surface area contributed by atoms with Gasteiger partial charge in [-0.05, 0) is 61.3 Å². The molecule has 0 saturated heterocycles. The third kappa shape index (κ3) is 4.85. The van der Waals surface area contributed by atoms with E-state index in [2.05, 4.69) is 12.2 Å². The van der Waals surface area contributed by atoms with Gasteiger partial charge >= 0.3 is 0 Å². The van der Waals surface area contributed by atoms with E-state index in [1.54, 1.807) is 19.2 Å². The van der Waals surface area contributed by atoms with Crippen LogP contribution in [0.1, 0.15) is 82.6 Å². The van der Waals surface area contributed by atoms with E-state index in [0.29, 0.717) is 23.3 Å². The number of rotatable bonds is 5. The van der Waals surface area contributed by atoms with Crippen LogP contribution in [0.25, 0.3) is 0 Å². The molecule has 2 fully saturated rings. The fraction of sp³-hybridized carbons (Fsp3) is 0.704. The van der Waals surface area contributed by atoms with Gasteiger partial charge in [-0.1, -0.05) is 69.6 Å². The molecule has 0 N–H and O–H groups in total. The zero-order chi connectivity index (χ0) is 22.7. The molecule has 1 aromatic carbocycles. The highest BCUT2D eigenvalue weighted by Gasteiger charge is 2.49. The lowest BCUT2D eigenvalue weighted by atomic mass is 9.68. The zero-order valence-corrected chi connectivity index (χ0v) is 20.7. The predicted molar refractivity (Wildman–Crippen MR) is 128 cm³/mol. The number of sulfone groups is 1. The highest BCUT2D eigenvalue weighted by molar-refractivity contribution is 7.90. The Morgan fingerprint density at radius 1 is 0.812 bits per heavy atom. The van der Waals surface area contributed by atoms with Crippen LogP contribution in [0.4, 0.5) is 0 Å². The molecule has 4 nitrogen and oxygen atoms in total. The summed E-state index contributed by atoms with van der Waals surface area (Å²) in [6.45, 7) is 0.477. The molecule has 1 heterocycles. The highest BCUT2D eigenvalue weighted by Crippen LogP contribution is 2.49. The molecule has 1 unspecified atom stereocenters. The molecule has 2 saturated carbocycles. The molecule has 2 aliphatic carbocycles. The summed E-state index contributed by atoms with van der Waals surface area (Å²) >= 11 is 0. The van der Waals surface area contributed by atoms with Crippen molar-refractivity contribution >= 4 is 9.84 Å². The van der Waals surface area contributed by atoms with Crippen molar-refractivity contribution in [1.82, 2.24) is 0 Å². The van der Waals surface area contributed by atoms with E-state index in [1.165, 1.54) is 83.3 Å². The first-order valence-electron chi connectivity index (χ1n) is 12.6. The van der Waals surface area contributed by atoms with Gasteiger partial charge in [0.1, 0.15) is 5.60 Å². The standard InChI is InChI=1S/C27H40O4S/c1-30-26(22-15-17-25(18-16-22)32(2,28)29)19-20-27(31-21-26,23-11-7-3-4-8-12-23)24-13-9-5-6-10-14-24/h15-20,23-24H,3-14,21H2,1-2H3. The van der Waals surface area contributed by atoms with Crippen LogP contribution in [0.5, 0.6) is 0 Å². The molecule has 3 aliphatic rings. The van der Waals surface area contributed by atoms with E-state index in [9.17, 15) is 8.42 Å². The minimum absolute atomic E-state index is 0.191. The van der Waals surface area contributed by atoms with Crippen LogP contribution in [-0.4, -0.2) is 34.0 Å². The fourth-order valence-corrected chi connectivity index (χ4v) is 6.93. The van der Waals surface area contributed by atoms with Crippen LogP contribution in [0.3, 0.4) is 0 Å². The van der Waals surface area contributed by atoms with E-state index in [4.69, 9.17) is 9.47 Å². The Labute approximate surface area is 194 Å². The Morgan fingerprint density at radius 3 is 1.69 bits per heavy atom. The van der Waals surface area contributed by atoms with Crippen molar-refractivity contribution in [3.8, 4) is 0 Å².